The van der Waals surface area contributed by atoms with Gasteiger partial charge in [0.1, 0.15) is 17.3 Å². The second-order valence-electron chi connectivity index (χ2n) is 13.6. The first-order chi connectivity index (χ1) is 28.6. The summed E-state index contributed by atoms with van der Waals surface area (Å²) in [6.07, 6.45) is 8.83. The average Bonchev–Trinajstić information content (AvgIpc) is 4.00. The molecule has 0 amide bonds. The van der Waals surface area contributed by atoms with E-state index in [1.165, 1.54) is 0 Å². The molecule has 0 fully saturated rings. The van der Waals surface area contributed by atoms with E-state index in [1.54, 1.807) is 40.1 Å². The zero-order valence-corrected chi connectivity index (χ0v) is 35.0. The summed E-state index contributed by atoms with van der Waals surface area (Å²) in [4.78, 5) is 53.1. The van der Waals surface area contributed by atoms with Crippen LogP contribution < -0.4 is 0 Å². The van der Waals surface area contributed by atoms with Crippen LogP contribution in [0.5, 0.6) is 0 Å². The molecule has 4 heterocycles. The maximum Gasteiger partial charge on any atom is 0.796 e. The lowest BCUT2D eigenvalue weighted by atomic mass is 9.99. The van der Waals surface area contributed by atoms with Gasteiger partial charge in [0.25, 0.3) is 0 Å². The van der Waals surface area contributed by atoms with Crippen molar-refractivity contribution in [1.29, 1.82) is 0 Å². The third-order valence-electron chi connectivity index (χ3n) is 10.4. The normalized spacial score (nSPS) is 12.2. The largest absolute Gasteiger partial charge is 0.796 e. The van der Waals surface area contributed by atoms with Crippen LogP contribution in [0.2, 0.25) is 0 Å². The van der Waals surface area contributed by atoms with Gasteiger partial charge >= 0.3 is 22.4 Å². The van der Waals surface area contributed by atoms with Gasteiger partial charge in [-0.05, 0) is 95.9 Å². The molecule has 0 aliphatic carbocycles. The van der Waals surface area contributed by atoms with Crippen LogP contribution in [0.4, 0.5) is 25.9 Å². The SMILES string of the molecule is CCc1c[nH]c(C(=O)/C=C(/OB(F)F)c2[nH]c(C(=O)/C=C(\OB(F)F)c3[nH]c(C(=O)/C=C(\OB(F)F)c4[nH]cc(CC)c4CC)c(CC)c3CC)c(CC)c2CC)c1CC. The highest BCUT2D eigenvalue weighted by Gasteiger charge is 2.32. The van der Waals surface area contributed by atoms with Crippen molar-refractivity contribution >= 4 is 57.0 Å². The summed E-state index contributed by atoms with van der Waals surface area (Å²) >= 11 is 0. The van der Waals surface area contributed by atoms with Gasteiger partial charge in [-0.2, -0.15) is 0 Å². The number of carbonyl (C=O) groups is 3. The average molecular weight is 840 g/mol. The maximum atomic E-state index is 14.2. The molecular weight excluding hydrogens is 791 g/mol. The molecule has 4 aromatic heterocycles. The molecule has 0 aliphatic rings. The highest BCUT2D eigenvalue weighted by atomic mass is 19.3. The van der Waals surface area contributed by atoms with Gasteiger partial charge in [-0.1, -0.05) is 55.4 Å². The van der Waals surface area contributed by atoms with Crippen molar-refractivity contribution in [3.63, 3.8) is 0 Å². The Labute approximate surface area is 346 Å². The van der Waals surface area contributed by atoms with Crippen LogP contribution in [0.1, 0.15) is 148 Å². The van der Waals surface area contributed by atoms with Crippen LogP contribution in [0.3, 0.4) is 0 Å². The van der Waals surface area contributed by atoms with Crippen LogP contribution >= 0.6 is 0 Å². The van der Waals surface area contributed by atoms with Gasteiger partial charge < -0.3 is 33.9 Å². The molecule has 10 nitrogen and oxygen atoms in total. The first kappa shape index (κ1) is 47.2. The van der Waals surface area contributed by atoms with Gasteiger partial charge in [-0.15, -0.1) is 0 Å². The fraction of sp³-hybridized carbons (Fsp3) is 0.390. The third-order valence-corrected chi connectivity index (χ3v) is 10.4. The third kappa shape index (κ3) is 10.3. The van der Waals surface area contributed by atoms with E-state index >= 15 is 0 Å². The van der Waals surface area contributed by atoms with E-state index < -0.39 is 57.0 Å². The minimum Gasteiger partial charge on any atom is -0.503 e. The number of ketones is 3. The first-order valence-electron chi connectivity index (χ1n) is 20.1. The molecule has 4 aromatic rings. The smallest absolute Gasteiger partial charge is 0.503 e. The van der Waals surface area contributed by atoms with E-state index in [0.29, 0.717) is 53.5 Å². The van der Waals surface area contributed by atoms with E-state index in [9.17, 15) is 40.3 Å². The van der Waals surface area contributed by atoms with E-state index in [-0.39, 0.29) is 59.8 Å². The standard InChI is InChI=1S/C41H49B3F6N4O6/c1-9-22-20-51-36(24(22)11-3)30(55)17-34(59-43(47)48)40-28(15-7)27(14-6)38(54-40)32(57)19-35(60-44(49)50)41-29(16-8)26(13-5)37(53-41)31(56)18-33(58-42(45)46)39-25(12-4)23(10-2)21-52-39/h17-21,51-54H,9-16H2,1-8H3/b33-18-,34-17+,35-19-. The summed E-state index contributed by atoms with van der Waals surface area (Å²) in [6.45, 7) is 14.3. The fourth-order valence-corrected chi connectivity index (χ4v) is 7.78. The molecule has 0 atom stereocenters. The summed E-state index contributed by atoms with van der Waals surface area (Å²) in [5.41, 5.74) is 4.51. The molecule has 4 rings (SSSR count). The number of hydrogen-bond donors (Lipinski definition) is 4. The number of aromatic amines is 4. The van der Waals surface area contributed by atoms with Gasteiger partial charge in [0.05, 0.1) is 34.2 Å². The van der Waals surface area contributed by atoms with Crippen LogP contribution in [0.15, 0.2) is 30.6 Å². The predicted molar refractivity (Wildman–Crippen MR) is 222 cm³/mol. The highest BCUT2D eigenvalue weighted by molar-refractivity contribution is 6.37. The second kappa shape index (κ2) is 21.2. The maximum absolute atomic E-state index is 14.2. The lowest BCUT2D eigenvalue weighted by Gasteiger charge is -2.10. The highest BCUT2D eigenvalue weighted by Crippen LogP contribution is 2.33. The topological polar surface area (TPSA) is 142 Å². The van der Waals surface area contributed by atoms with Gasteiger partial charge in [0, 0.05) is 30.6 Å². The molecule has 0 unspecified atom stereocenters. The Morgan fingerprint density at radius 1 is 0.433 bits per heavy atom. The molecule has 320 valence electrons. The molecule has 0 bridgehead atoms. The molecule has 0 saturated carbocycles. The molecule has 0 saturated heterocycles. The van der Waals surface area contributed by atoms with E-state index in [2.05, 4.69) is 19.9 Å². The van der Waals surface area contributed by atoms with Gasteiger partial charge in [0.2, 0.25) is 17.3 Å². The number of hydrogen-bond acceptors (Lipinski definition) is 6. The van der Waals surface area contributed by atoms with Crippen molar-refractivity contribution < 1.29 is 54.2 Å². The fourth-order valence-electron chi connectivity index (χ4n) is 7.78. The van der Waals surface area contributed by atoms with Crippen LogP contribution in [0.25, 0.3) is 17.3 Å². The minimum absolute atomic E-state index is 0.0698. The Hall–Kier alpha value is -5.48. The Balaban J connectivity index is 1.88. The van der Waals surface area contributed by atoms with Gasteiger partial charge in [-0.25, -0.2) is 25.9 Å². The van der Waals surface area contributed by atoms with E-state index in [0.717, 1.165) is 34.9 Å². The lowest BCUT2D eigenvalue weighted by Crippen LogP contribution is -2.10. The lowest BCUT2D eigenvalue weighted by molar-refractivity contribution is 0.103. The number of nitrogens with one attached hydrogen (secondary N) is 4. The van der Waals surface area contributed by atoms with Crippen molar-refractivity contribution in [2.75, 3.05) is 0 Å². The molecule has 0 spiro atoms. The number of aryl methyl sites for hydroxylation is 2. The molecular formula is C41H49B3F6N4O6. The zero-order chi connectivity index (χ0) is 44.4. The molecule has 60 heavy (non-hydrogen) atoms. The summed E-state index contributed by atoms with van der Waals surface area (Å²) in [6, 6.07) is 0. The van der Waals surface area contributed by atoms with Gasteiger partial charge in [-0.3, -0.25) is 14.4 Å². The number of H-pyrrole nitrogens is 4. The predicted octanol–water partition coefficient (Wildman–Crippen LogP) is 9.99. The summed E-state index contributed by atoms with van der Waals surface area (Å²) < 4.78 is 98.1. The Bertz CT molecular complexity index is 2270. The van der Waals surface area contributed by atoms with Crippen LogP contribution in [-0.4, -0.2) is 59.7 Å². The molecule has 19 heteroatoms. The Morgan fingerprint density at radius 3 is 1.03 bits per heavy atom. The molecule has 4 N–H and O–H groups in total. The van der Waals surface area contributed by atoms with Crippen molar-refractivity contribution in [2.24, 2.45) is 0 Å². The summed E-state index contributed by atoms with van der Waals surface area (Å²) in [7, 11) is -10.1. The molecule has 0 aromatic carbocycles. The molecule has 0 radical (unpaired) electrons. The number of aromatic nitrogens is 4. The Morgan fingerprint density at radius 2 is 0.717 bits per heavy atom. The van der Waals surface area contributed by atoms with Crippen LogP contribution in [-0.2, 0) is 65.3 Å². The first-order valence-corrected chi connectivity index (χ1v) is 20.1. The molecule has 0 aliphatic heterocycles. The van der Waals surface area contributed by atoms with E-state index in [1.807, 2.05) is 27.7 Å². The van der Waals surface area contributed by atoms with Crippen molar-refractivity contribution in [1.82, 2.24) is 19.9 Å². The summed E-state index contributed by atoms with van der Waals surface area (Å²) in [5.74, 6) is -3.93. The number of halogens is 6. The van der Waals surface area contributed by atoms with Gasteiger partial charge in [0.15, 0.2) is 0 Å². The monoisotopic (exact) mass is 840 g/mol. The minimum atomic E-state index is -3.44. The van der Waals surface area contributed by atoms with Crippen molar-refractivity contribution in [3.05, 3.63) is 109 Å². The van der Waals surface area contributed by atoms with E-state index in [4.69, 9.17) is 14.0 Å². The Kier molecular flexibility index (Phi) is 16.7. The van der Waals surface area contributed by atoms with Crippen LogP contribution in [0, 0.1) is 0 Å². The number of allylic oxidation sites excluding steroid dienone is 3. The van der Waals surface area contributed by atoms with Crippen molar-refractivity contribution in [2.45, 2.75) is 107 Å². The zero-order valence-electron chi connectivity index (χ0n) is 35.0. The number of rotatable bonds is 23. The summed E-state index contributed by atoms with van der Waals surface area (Å²) in [5, 5.41) is 0. The quantitative estimate of drug-likeness (QED) is 0.0193. The van der Waals surface area contributed by atoms with Crippen molar-refractivity contribution in [3.8, 4) is 0 Å². The second-order valence-corrected chi connectivity index (χ2v) is 13.6. The number of carbonyl (C=O) groups excluding carboxylic acids is 3.